The first-order valence-electron chi connectivity index (χ1n) is 5.57. The average Bonchev–Trinajstić information content (AvgIpc) is 2.85. The highest BCUT2D eigenvalue weighted by Gasteiger charge is 2.19. The van der Waals surface area contributed by atoms with Crippen LogP contribution in [0, 0.1) is 6.92 Å². The monoisotopic (exact) mass is 249 g/mol. The Labute approximate surface area is 104 Å². The molecule has 2 heterocycles. The molecule has 4 N–H and O–H groups in total. The van der Waals surface area contributed by atoms with Gasteiger partial charge in [-0.15, -0.1) is 0 Å². The fraction of sp³-hybridized carbons (Fsp3) is 0.364. The average molecular weight is 249 g/mol. The van der Waals surface area contributed by atoms with Crippen LogP contribution in [0.4, 0.5) is 11.5 Å². The lowest BCUT2D eigenvalue weighted by atomic mass is 10.1. The van der Waals surface area contributed by atoms with Gasteiger partial charge in [-0.05, 0) is 12.8 Å². The zero-order valence-corrected chi connectivity index (χ0v) is 10.4. The summed E-state index contributed by atoms with van der Waals surface area (Å²) in [7, 11) is 0. The number of aromatic nitrogens is 3. The molecule has 7 heteroatoms. The highest BCUT2D eigenvalue weighted by atomic mass is 16.5. The molecule has 0 spiro atoms. The number of nitrogens with two attached hydrogens (primary N) is 1. The summed E-state index contributed by atoms with van der Waals surface area (Å²) < 4.78 is 4.85. The number of anilines is 2. The Bertz CT molecular complexity index is 570. The third-order valence-electron chi connectivity index (χ3n) is 2.50. The summed E-state index contributed by atoms with van der Waals surface area (Å²) in [6.45, 7) is 5.67. The topological polar surface area (TPSA) is 110 Å². The number of aryl methyl sites for hydroxylation is 1. The highest BCUT2D eigenvalue weighted by molar-refractivity contribution is 6.06. The van der Waals surface area contributed by atoms with Crippen LogP contribution >= 0.6 is 0 Å². The smallest absolute Gasteiger partial charge is 0.279 e. The number of amides is 1. The summed E-state index contributed by atoms with van der Waals surface area (Å²) >= 11 is 0. The largest absolute Gasteiger partial charge is 0.395 e. The van der Waals surface area contributed by atoms with E-state index in [2.05, 4.69) is 20.7 Å². The van der Waals surface area contributed by atoms with E-state index in [0.717, 1.165) is 5.69 Å². The Morgan fingerprint density at radius 3 is 2.78 bits per heavy atom. The Morgan fingerprint density at radius 1 is 1.56 bits per heavy atom. The Hall–Kier alpha value is -2.31. The van der Waals surface area contributed by atoms with Crippen molar-refractivity contribution in [3.05, 3.63) is 23.2 Å². The minimum atomic E-state index is -0.413. The molecule has 0 radical (unpaired) electrons. The van der Waals surface area contributed by atoms with Crippen LogP contribution in [0.2, 0.25) is 0 Å². The summed E-state index contributed by atoms with van der Waals surface area (Å²) in [6.07, 6.45) is 0. The van der Waals surface area contributed by atoms with E-state index in [1.807, 2.05) is 13.8 Å². The van der Waals surface area contributed by atoms with Crippen LogP contribution in [-0.2, 0) is 0 Å². The predicted molar refractivity (Wildman–Crippen MR) is 66.3 cm³/mol. The van der Waals surface area contributed by atoms with Gasteiger partial charge < -0.3 is 15.6 Å². The van der Waals surface area contributed by atoms with Crippen molar-refractivity contribution in [1.29, 1.82) is 0 Å². The maximum Gasteiger partial charge on any atom is 0.279 e. The minimum absolute atomic E-state index is 0.166. The molecule has 2 rings (SSSR count). The standard InChI is InChI=1S/C11H15N5O2/c1-5(2)9-8(12)10(15-14-9)11(17)13-7-4-6(3)18-16-7/h4-5H,12H2,1-3H3,(H,14,15)(H,13,16,17). The van der Waals surface area contributed by atoms with Crippen molar-refractivity contribution in [2.75, 3.05) is 11.1 Å². The van der Waals surface area contributed by atoms with E-state index >= 15 is 0 Å². The van der Waals surface area contributed by atoms with E-state index in [4.69, 9.17) is 10.3 Å². The molecule has 0 bridgehead atoms. The molecule has 0 unspecified atom stereocenters. The normalized spacial score (nSPS) is 10.9. The lowest BCUT2D eigenvalue weighted by Crippen LogP contribution is -2.14. The van der Waals surface area contributed by atoms with Crippen molar-refractivity contribution in [1.82, 2.24) is 15.4 Å². The maximum atomic E-state index is 11.9. The molecule has 0 fully saturated rings. The van der Waals surface area contributed by atoms with Gasteiger partial charge in [0.25, 0.3) is 5.91 Å². The molecule has 2 aromatic rings. The SMILES string of the molecule is Cc1cc(NC(=O)c2n[nH]c(C(C)C)c2N)no1. The molecule has 18 heavy (non-hydrogen) atoms. The summed E-state index contributed by atoms with van der Waals surface area (Å²) in [4.78, 5) is 11.9. The van der Waals surface area contributed by atoms with Crippen molar-refractivity contribution >= 4 is 17.4 Å². The minimum Gasteiger partial charge on any atom is -0.395 e. The summed E-state index contributed by atoms with van der Waals surface area (Å²) in [5.74, 6) is 0.714. The molecule has 1 amide bonds. The summed E-state index contributed by atoms with van der Waals surface area (Å²) in [5, 5.41) is 12.9. The molecule has 0 saturated carbocycles. The summed E-state index contributed by atoms with van der Waals surface area (Å²) in [6, 6.07) is 1.62. The number of hydrogen-bond acceptors (Lipinski definition) is 5. The van der Waals surface area contributed by atoms with Gasteiger partial charge in [0.2, 0.25) is 0 Å². The van der Waals surface area contributed by atoms with Crippen molar-refractivity contribution in [3.8, 4) is 0 Å². The van der Waals surface area contributed by atoms with Gasteiger partial charge in [0.05, 0.1) is 11.4 Å². The van der Waals surface area contributed by atoms with Gasteiger partial charge in [-0.1, -0.05) is 19.0 Å². The molecular weight excluding hydrogens is 234 g/mol. The van der Waals surface area contributed by atoms with Crippen LogP contribution < -0.4 is 11.1 Å². The third kappa shape index (κ3) is 2.20. The van der Waals surface area contributed by atoms with Crippen LogP contribution in [0.3, 0.4) is 0 Å². The van der Waals surface area contributed by atoms with Crippen molar-refractivity contribution < 1.29 is 9.32 Å². The lowest BCUT2D eigenvalue weighted by molar-refractivity contribution is 0.102. The van der Waals surface area contributed by atoms with Crippen LogP contribution in [0.15, 0.2) is 10.6 Å². The number of H-pyrrole nitrogens is 1. The van der Waals surface area contributed by atoms with Gasteiger partial charge >= 0.3 is 0 Å². The quantitative estimate of drug-likeness (QED) is 0.766. The van der Waals surface area contributed by atoms with E-state index in [1.54, 1.807) is 13.0 Å². The van der Waals surface area contributed by atoms with E-state index < -0.39 is 5.91 Å². The second-order valence-corrected chi connectivity index (χ2v) is 4.33. The molecule has 0 saturated heterocycles. The van der Waals surface area contributed by atoms with Crippen LogP contribution in [0.25, 0.3) is 0 Å². The zero-order valence-electron chi connectivity index (χ0n) is 10.4. The predicted octanol–water partition coefficient (Wildman–Crippen LogP) is 1.66. The fourth-order valence-electron chi connectivity index (χ4n) is 1.58. The number of nitrogens with zero attached hydrogens (tertiary/aromatic N) is 2. The van der Waals surface area contributed by atoms with E-state index in [1.165, 1.54) is 0 Å². The molecule has 7 nitrogen and oxygen atoms in total. The molecule has 0 aromatic carbocycles. The fourth-order valence-corrected chi connectivity index (χ4v) is 1.58. The number of nitrogen functional groups attached to an aromatic ring is 1. The number of carbonyl (C=O) groups is 1. The van der Waals surface area contributed by atoms with Crippen LogP contribution in [-0.4, -0.2) is 21.3 Å². The molecule has 0 aliphatic carbocycles. The molecule has 96 valence electrons. The molecule has 0 aliphatic rings. The second kappa shape index (κ2) is 4.52. The van der Waals surface area contributed by atoms with Gasteiger partial charge in [-0.3, -0.25) is 9.89 Å². The van der Waals surface area contributed by atoms with Crippen molar-refractivity contribution in [2.45, 2.75) is 26.7 Å². The first kappa shape index (κ1) is 12.2. The molecular formula is C11H15N5O2. The van der Waals surface area contributed by atoms with E-state index in [9.17, 15) is 4.79 Å². The van der Waals surface area contributed by atoms with E-state index in [0.29, 0.717) is 17.3 Å². The number of carbonyl (C=O) groups excluding carboxylic acids is 1. The van der Waals surface area contributed by atoms with Crippen molar-refractivity contribution in [2.24, 2.45) is 0 Å². The lowest BCUT2D eigenvalue weighted by Gasteiger charge is -2.02. The number of aromatic amines is 1. The van der Waals surface area contributed by atoms with E-state index in [-0.39, 0.29) is 11.6 Å². The first-order chi connectivity index (χ1) is 8.49. The zero-order chi connectivity index (χ0) is 13.3. The van der Waals surface area contributed by atoms with Gasteiger partial charge in [-0.25, -0.2) is 0 Å². The van der Waals surface area contributed by atoms with Gasteiger partial charge in [0.1, 0.15) is 5.76 Å². The molecule has 0 aliphatic heterocycles. The molecule has 2 aromatic heterocycles. The number of rotatable bonds is 3. The van der Waals surface area contributed by atoms with Gasteiger partial charge in [-0.2, -0.15) is 5.10 Å². The third-order valence-corrected chi connectivity index (χ3v) is 2.50. The van der Waals surface area contributed by atoms with Gasteiger partial charge in [0, 0.05) is 6.07 Å². The highest BCUT2D eigenvalue weighted by Crippen LogP contribution is 2.22. The number of hydrogen-bond donors (Lipinski definition) is 3. The maximum absolute atomic E-state index is 11.9. The second-order valence-electron chi connectivity index (χ2n) is 4.33. The Kier molecular flexibility index (Phi) is 3.05. The van der Waals surface area contributed by atoms with Crippen LogP contribution in [0.5, 0.6) is 0 Å². The van der Waals surface area contributed by atoms with Gasteiger partial charge in [0.15, 0.2) is 11.5 Å². The van der Waals surface area contributed by atoms with Crippen LogP contribution in [0.1, 0.15) is 41.7 Å². The Balaban J connectivity index is 2.19. The first-order valence-corrected chi connectivity index (χ1v) is 5.57. The number of nitrogens with one attached hydrogen (secondary N) is 2. The molecule has 0 atom stereocenters. The summed E-state index contributed by atoms with van der Waals surface area (Å²) in [5.41, 5.74) is 7.14. The Morgan fingerprint density at radius 2 is 2.28 bits per heavy atom. The van der Waals surface area contributed by atoms with Crippen molar-refractivity contribution in [3.63, 3.8) is 0 Å².